The normalized spacial score (nSPS) is 12.4. The van der Waals surface area contributed by atoms with E-state index in [1.54, 1.807) is 12.1 Å². The fourth-order valence-electron chi connectivity index (χ4n) is 1.88. The molecule has 98 valence electrons. The first kappa shape index (κ1) is 15.3. The Morgan fingerprint density at radius 2 is 2.00 bits per heavy atom. The van der Waals surface area contributed by atoms with Crippen molar-refractivity contribution < 1.29 is 0 Å². The van der Waals surface area contributed by atoms with E-state index >= 15 is 0 Å². The molecule has 18 heavy (non-hydrogen) atoms. The molecular formula is C14H18Cl2N2. The van der Waals surface area contributed by atoms with Gasteiger partial charge in [0.25, 0.3) is 0 Å². The van der Waals surface area contributed by atoms with Gasteiger partial charge in [-0.05, 0) is 37.2 Å². The molecule has 2 nitrogen and oxygen atoms in total. The monoisotopic (exact) mass is 284 g/mol. The molecule has 0 N–H and O–H groups in total. The van der Waals surface area contributed by atoms with Crippen molar-refractivity contribution in [3.8, 4) is 6.07 Å². The van der Waals surface area contributed by atoms with Crippen molar-refractivity contribution >= 4 is 23.2 Å². The van der Waals surface area contributed by atoms with Crippen LogP contribution in [0.15, 0.2) is 18.2 Å². The maximum atomic E-state index is 9.37. The van der Waals surface area contributed by atoms with Crippen molar-refractivity contribution in [1.82, 2.24) is 4.90 Å². The molecule has 0 aromatic heterocycles. The molecule has 1 unspecified atom stereocenters. The van der Waals surface area contributed by atoms with Gasteiger partial charge in [0.2, 0.25) is 0 Å². The molecule has 0 bridgehead atoms. The van der Waals surface area contributed by atoms with E-state index in [9.17, 15) is 5.26 Å². The first-order chi connectivity index (χ1) is 8.63. The minimum Gasteiger partial charge on any atom is -0.285 e. The molecule has 0 saturated carbocycles. The highest BCUT2D eigenvalue weighted by atomic mass is 35.5. The Kier molecular flexibility index (Phi) is 6.49. The lowest BCUT2D eigenvalue weighted by Crippen LogP contribution is -2.28. The Bertz CT molecular complexity index is 426. The van der Waals surface area contributed by atoms with Crippen LogP contribution in [-0.2, 0) is 0 Å². The molecule has 0 aliphatic carbocycles. The van der Waals surface area contributed by atoms with E-state index in [4.69, 9.17) is 23.2 Å². The summed E-state index contributed by atoms with van der Waals surface area (Å²) < 4.78 is 0. The Hall–Kier alpha value is -0.750. The van der Waals surface area contributed by atoms with Crippen LogP contribution in [0, 0.1) is 11.3 Å². The van der Waals surface area contributed by atoms with Crippen LogP contribution in [0.2, 0.25) is 10.0 Å². The third-order valence-electron chi connectivity index (χ3n) is 2.95. The molecular weight excluding hydrogens is 267 g/mol. The number of rotatable bonds is 6. The molecule has 1 aromatic rings. The first-order valence-electron chi connectivity index (χ1n) is 6.22. The molecule has 0 aliphatic heterocycles. The van der Waals surface area contributed by atoms with Crippen LogP contribution in [-0.4, -0.2) is 18.0 Å². The summed E-state index contributed by atoms with van der Waals surface area (Å²) in [6.45, 7) is 5.98. The minimum absolute atomic E-state index is 0.253. The van der Waals surface area contributed by atoms with Gasteiger partial charge < -0.3 is 0 Å². The molecule has 0 fully saturated rings. The molecule has 4 heteroatoms. The molecule has 0 aliphatic rings. The van der Waals surface area contributed by atoms with Gasteiger partial charge in [-0.15, -0.1) is 0 Å². The summed E-state index contributed by atoms with van der Waals surface area (Å²) in [4.78, 5) is 2.16. The van der Waals surface area contributed by atoms with Crippen molar-refractivity contribution in [3.05, 3.63) is 33.8 Å². The molecule has 1 aromatic carbocycles. The fourth-order valence-corrected chi connectivity index (χ4v) is 2.19. The lowest BCUT2D eigenvalue weighted by atomic mass is 10.1. The third kappa shape index (κ3) is 3.88. The largest absolute Gasteiger partial charge is 0.285 e. The third-order valence-corrected chi connectivity index (χ3v) is 3.69. The number of benzene rings is 1. The van der Waals surface area contributed by atoms with E-state index in [0.29, 0.717) is 10.0 Å². The van der Waals surface area contributed by atoms with E-state index in [2.05, 4.69) is 24.8 Å². The second kappa shape index (κ2) is 7.63. The fraction of sp³-hybridized carbons (Fsp3) is 0.500. The highest BCUT2D eigenvalue weighted by molar-refractivity contribution is 6.42. The maximum Gasteiger partial charge on any atom is 0.123 e. The standard InChI is InChI=1S/C14H18Cl2N2/c1-3-5-8-18(4-2)14(10-17)11-6-7-12(15)13(16)9-11/h6-7,9,14H,3-5,8H2,1-2H3. The molecule has 0 heterocycles. The van der Waals surface area contributed by atoms with E-state index in [-0.39, 0.29) is 6.04 Å². The summed E-state index contributed by atoms with van der Waals surface area (Å²) >= 11 is 11.9. The van der Waals surface area contributed by atoms with Crippen LogP contribution < -0.4 is 0 Å². The summed E-state index contributed by atoms with van der Waals surface area (Å²) in [6, 6.07) is 7.50. The smallest absolute Gasteiger partial charge is 0.123 e. The zero-order valence-electron chi connectivity index (χ0n) is 10.8. The van der Waals surface area contributed by atoms with Crippen molar-refractivity contribution in [3.63, 3.8) is 0 Å². The topological polar surface area (TPSA) is 27.0 Å². The number of hydrogen-bond donors (Lipinski definition) is 0. The number of unbranched alkanes of at least 4 members (excludes halogenated alkanes) is 1. The van der Waals surface area contributed by atoms with Crippen molar-refractivity contribution in [2.45, 2.75) is 32.7 Å². The zero-order chi connectivity index (χ0) is 13.5. The van der Waals surface area contributed by atoms with Crippen LogP contribution in [0.4, 0.5) is 0 Å². The summed E-state index contributed by atoms with van der Waals surface area (Å²) in [6.07, 6.45) is 2.21. The van der Waals surface area contributed by atoms with Crippen LogP contribution in [0.3, 0.4) is 0 Å². The maximum absolute atomic E-state index is 9.37. The Balaban J connectivity index is 2.93. The first-order valence-corrected chi connectivity index (χ1v) is 6.98. The second-order valence-corrected chi connectivity index (χ2v) is 5.00. The summed E-state index contributed by atoms with van der Waals surface area (Å²) in [5.74, 6) is 0. The Morgan fingerprint density at radius 1 is 1.28 bits per heavy atom. The lowest BCUT2D eigenvalue weighted by molar-refractivity contribution is 0.245. The van der Waals surface area contributed by atoms with Gasteiger partial charge in [0, 0.05) is 0 Å². The van der Waals surface area contributed by atoms with Gasteiger partial charge in [-0.1, -0.05) is 49.5 Å². The molecule has 0 radical (unpaired) electrons. The quantitative estimate of drug-likeness (QED) is 0.758. The Morgan fingerprint density at radius 3 is 2.50 bits per heavy atom. The van der Waals surface area contributed by atoms with E-state index in [0.717, 1.165) is 31.5 Å². The van der Waals surface area contributed by atoms with Gasteiger partial charge in [0.15, 0.2) is 0 Å². The molecule has 1 atom stereocenters. The lowest BCUT2D eigenvalue weighted by Gasteiger charge is -2.26. The van der Waals surface area contributed by atoms with Crippen LogP contribution in [0.5, 0.6) is 0 Å². The van der Waals surface area contributed by atoms with Crippen molar-refractivity contribution in [2.24, 2.45) is 0 Å². The van der Waals surface area contributed by atoms with Crippen LogP contribution in [0.25, 0.3) is 0 Å². The van der Waals surface area contributed by atoms with Gasteiger partial charge in [0.1, 0.15) is 6.04 Å². The number of hydrogen-bond acceptors (Lipinski definition) is 2. The molecule has 0 amide bonds. The highest BCUT2D eigenvalue weighted by Gasteiger charge is 2.18. The number of nitrogens with zero attached hydrogens (tertiary/aromatic N) is 2. The van der Waals surface area contributed by atoms with Crippen LogP contribution >= 0.6 is 23.2 Å². The van der Waals surface area contributed by atoms with Crippen molar-refractivity contribution in [2.75, 3.05) is 13.1 Å². The van der Waals surface area contributed by atoms with E-state index in [1.807, 2.05) is 6.07 Å². The Labute approximate surface area is 119 Å². The van der Waals surface area contributed by atoms with Gasteiger partial charge in [0.05, 0.1) is 16.1 Å². The number of nitriles is 1. The second-order valence-electron chi connectivity index (χ2n) is 4.19. The van der Waals surface area contributed by atoms with Crippen molar-refractivity contribution in [1.29, 1.82) is 5.26 Å². The summed E-state index contributed by atoms with van der Waals surface area (Å²) in [5.41, 5.74) is 0.907. The molecule has 1 rings (SSSR count). The van der Waals surface area contributed by atoms with E-state index in [1.165, 1.54) is 0 Å². The summed E-state index contributed by atoms with van der Waals surface area (Å²) in [5, 5.41) is 10.4. The average molecular weight is 285 g/mol. The van der Waals surface area contributed by atoms with Gasteiger partial charge >= 0.3 is 0 Å². The summed E-state index contributed by atoms with van der Waals surface area (Å²) in [7, 11) is 0. The minimum atomic E-state index is -0.253. The van der Waals surface area contributed by atoms with E-state index < -0.39 is 0 Å². The number of halogens is 2. The van der Waals surface area contributed by atoms with Crippen LogP contribution in [0.1, 0.15) is 38.3 Å². The van der Waals surface area contributed by atoms with Gasteiger partial charge in [-0.2, -0.15) is 5.26 Å². The molecule has 0 spiro atoms. The SMILES string of the molecule is CCCCN(CC)C(C#N)c1ccc(Cl)c(Cl)c1. The molecule has 0 saturated heterocycles. The average Bonchev–Trinajstić information content (AvgIpc) is 2.38. The zero-order valence-corrected chi connectivity index (χ0v) is 12.3. The predicted molar refractivity (Wildman–Crippen MR) is 77.0 cm³/mol. The predicted octanol–water partition coefficient (Wildman–Crippen LogP) is 4.68. The van der Waals surface area contributed by atoms with Gasteiger partial charge in [-0.25, -0.2) is 0 Å². The van der Waals surface area contributed by atoms with Gasteiger partial charge in [-0.3, -0.25) is 4.90 Å². The highest BCUT2D eigenvalue weighted by Crippen LogP contribution is 2.28.